The molecule has 1 aromatic rings. The summed E-state index contributed by atoms with van der Waals surface area (Å²) in [7, 11) is 3.37. The van der Waals surface area contributed by atoms with Gasteiger partial charge in [-0.05, 0) is 43.0 Å². The summed E-state index contributed by atoms with van der Waals surface area (Å²) in [5.41, 5.74) is 0. The first-order chi connectivity index (χ1) is 12.0. The van der Waals surface area contributed by atoms with Crippen molar-refractivity contribution in [2.75, 3.05) is 27.3 Å². The Bertz CT molecular complexity index is 567. The fourth-order valence-corrected chi connectivity index (χ4v) is 3.21. The van der Waals surface area contributed by atoms with Gasteiger partial charge >= 0.3 is 0 Å². The molecule has 0 saturated heterocycles. The largest absolute Gasteiger partial charge is 0.497 e. The third-order valence-electron chi connectivity index (χ3n) is 4.63. The maximum absolute atomic E-state index is 12.7. The number of likely N-dealkylation sites (N-methyl/N-ethyl adjacent to an activating group) is 1. The number of hydrogen-bond acceptors (Lipinski definition) is 4. The average molecular weight is 348 g/mol. The molecule has 25 heavy (non-hydrogen) atoms. The zero-order valence-corrected chi connectivity index (χ0v) is 15.3. The molecule has 0 aromatic heterocycles. The van der Waals surface area contributed by atoms with Crippen LogP contribution in [0.3, 0.4) is 0 Å². The third-order valence-corrected chi connectivity index (χ3v) is 4.63. The number of nitrogens with zero attached hydrogens (tertiary/aromatic N) is 1. The minimum atomic E-state index is -0.425. The van der Waals surface area contributed by atoms with Crippen molar-refractivity contribution in [2.24, 2.45) is 5.92 Å². The molecule has 1 N–H and O–H groups in total. The first-order valence-electron chi connectivity index (χ1n) is 8.80. The minimum Gasteiger partial charge on any atom is -0.497 e. The second kappa shape index (κ2) is 9.30. The summed E-state index contributed by atoms with van der Waals surface area (Å²) in [6.07, 6.45) is 4.23. The van der Waals surface area contributed by atoms with Crippen molar-refractivity contribution < 1.29 is 19.1 Å². The Balaban J connectivity index is 1.85. The van der Waals surface area contributed by atoms with E-state index in [0.29, 0.717) is 13.2 Å². The van der Waals surface area contributed by atoms with Crippen LogP contribution in [0.25, 0.3) is 0 Å². The van der Waals surface area contributed by atoms with E-state index in [0.717, 1.165) is 37.2 Å². The molecule has 1 atom stereocenters. The number of carbonyl (C=O) groups is 2. The topological polar surface area (TPSA) is 67.9 Å². The first kappa shape index (κ1) is 19.1. The van der Waals surface area contributed by atoms with Crippen molar-refractivity contribution in [3.05, 3.63) is 24.3 Å². The van der Waals surface area contributed by atoms with Crippen LogP contribution in [0.15, 0.2) is 24.3 Å². The van der Waals surface area contributed by atoms with Gasteiger partial charge in [0.1, 0.15) is 24.1 Å². The van der Waals surface area contributed by atoms with Crippen molar-refractivity contribution in [1.82, 2.24) is 10.2 Å². The molecule has 2 rings (SSSR count). The van der Waals surface area contributed by atoms with Gasteiger partial charge in [-0.3, -0.25) is 9.59 Å². The number of hydrogen-bond donors (Lipinski definition) is 1. The Morgan fingerprint density at radius 2 is 1.80 bits per heavy atom. The number of methoxy groups -OCH3 is 1. The van der Waals surface area contributed by atoms with E-state index >= 15 is 0 Å². The van der Waals surface area contributed by atoms with Crippen LogP contribution in [0.4, 0.5) is 0 Å². The minimum absolute atomic E-state index is 0.0413. The fraction of sp³-hybridized carbons (Fsp3) is 0.579. The van der Waals surface area contributed by atoms with Gasteiger partial charge in [-0.15, -0.1) is 0 Å². The van der Waals surface area contributed by atoms with Crippen LogP contribution in [-0.2, 0) is 9.59 Å². The number of carbonyl (C=O) groups excluding carboxylic acids is 2. The summed E-state index contributed by atoms with van der Waals surface area (Å²) < 4.78 is 10.8. The van der Waals surface area contributed by atoms with E-state index in [1.165, 1.54) is 6.92 Å². The van der Waals surface area contributed by atoms with Crippen molar-refractivity contribution in [1.29, 1.82) is 0 Å². The zero-order valence-electron chi connectivity index (χ0n) is 15.3. The SMILES string of the molecule is COc1ccc(OCCN(C)C(=O)C(NC(C)=O)C2CCCC2)cc1. The van der Waals surface area contributed by atoms with E-state index in [1.807, 2.05) is 24.3 Å². The molecule has 0 bridgehead atoms. The van der Waals surface area contributed by atoms with Crippen LogP contribution in [0, 0.1) is 5.92 Å². The molecule has 1 fully saturated rings. The molecule has 0 heterocycles. The summed E-state index contributed by atoms with van der Waals surface area (Å²) >= 11 is 0. The summed E-state index contributed by atoms with van der Waals surface area (Å²) in [6.45, 7) is 2.32. The van der Waals surface area contributed by atoms with E-state index in [4.69, 9.17) is 9.47 Å². The molecule has 0 aliphatic heterocycles. The number of amides is 2. The van der Waals surface area contributed by atoms with Gasteiger partial charge < -0.3 is 19.7 Å². The number of ether oxygens (including phenoxy) is 2. The van der Waals surface area contributed by atoms with Gasteiger partial charge in [0.25, 0.3) is 0 Å². The highest BCUT2D eigenvalue weighted by molar-refractivity contribution is 5.87. The van der Waals surface area contributed by atoms with Crippen LogP contribution in [0.1, 0.15) is 32.6 Å². The standard InChI is InChI=1S/C19H28N2O4/c1-14(22)20-18(15-6-4-5-7-15)19(23)21(2)12-13-25-17-10-8-16(24-3)9-11-17/h8-11,15,18H,4-7,12-13H2,1-3H3,(H,20,22). The van der Waals surface area contributed by atoms with Gasteiger partial charge in [0, 0.05) is 14.0 Å². The molecule has 0 spiro atoms. The quantitative estimate of drug-likeness (QED) is 0.782. The van der Waals surface area contributed by atoms with Gasteiger partial charge in [-0.25, -0.2) is 0 Å². The number of nitrogens with one attached hydrogen (secondary N) is 1. The molecule has 1 aliphatic rings. The first-order valence-corrected chi connectivity index (χ1v) is 8.80. The lowest BCUT2D eigenvalue weighted by Crippen LogP contribution is -2.51. The molecule has 6 heteroatoms. The highest BCUT2D eigenvalue weighted by Gasteiger charge is 2.32. The Hall–Kier alpha value is -2.24. The van der Waals surface area contributed by atoms with Crippen LogP contribution in [0.2, 0.25) is 0 Å². The summed E-state index contributed by atoms with van der Waals surface area (Å²) in [5.74, 6) is 1.54. The Kier molecular flexibility index (Phi) is 7.10. The number of rotatable bonds is 8. The van der Waals surface area contributed by atoms with Crippen LogP contribution >= 0.6 is 0 Å². The second-order valence-electron chi connectivity index (χ2n) is 6.51. The van der Waals surface area contributed by atoms with E-state index in [9.17, 15) is 9.59 Å². The molecule has 1 saturated carbocycles. The van der Waals surface area contributed by atoms with Crippen molar-refractivity contribution in [3.8, 4) is 11.5 Å². The maximum atomic E-state index is 12.7. The molecular formula is C19H28N2O4. The van der Waals surface area contributed by atoms with Crippen LogP contribution in [0.5, 0.6) is 11.5 Å². The van der Waals surface area contributed by atoms with Crippen molar-refractivity contribution >= 4 is 11.8 Å². The Morgan fingerprint density at radius 1 is 1.20 bits per heavy atom. The Morgan fingerprint density at radius 3 is 2.36 bits per heavy atom. The lowest BCUT2D eigenvalue weighted by atomic mass is 9.97. The van der Waals surface area contributed by atoms with Gasteiger partial charge in [0.05, 0.1) is 13.7 Å². The normalized spacial score (nSPS) is 15.5. The van der Waals surface area contributed by atoms with Gasteiger partial charge in [-0.1, -0.05) is 12.8 Å². The Labute approximate surface area is 149 Å². The van der Waals surface area contributed by atoms with Crippen molar-refractivity contribution in [3.63, 3.8) is 0 Å². The smallest absolute Gasteiger partial charge is 0.245 e. The van der Waals surface area contributed by atoms with E-state index in [2.05, 4.69) is 5.32 Å². The van der Waals surface area contributed by atoms with Gasteiger partial charge in [0.2, 0.25) is 11.8 Å². The summed E-state index contributed by atoms with van der Waals surface area (Å²) in [6, 6.07) is 6.90. The van der Waals surface area contributed by atoms with E-state index in [-0.39, 0.29) is 17.7 Å². The molecule has 2 amide bonds. The molecule has 1 unspecified atom stereocenters. The van der Waals surface area contributed by atoms with Crippen LogP contribution in [-0.4, -0.2) is 50.1 Å². The van der Waals surface area contributed by atoms with Crippen molar-refractivity contribution in [2.45, 2.75) is 38.6 Å². The maximum Gasteiger partial charge on any atom is 0.245 e. The number of benzene rings is 1. The summed E-state index contributed by atoms with van der Waals surface area (Å²) in [4.78, 5) is 25.8. The van der Waals surface area contributed by atoms with E-state index < -0.39 is 6.04 Å². The predicted molar refractivity (Wildman–Crippen MR) is 95.7 cm³/mol. The van der Waals surface area contributed by atoms with Gasteiger partial charge in [0.15, 0.2) is 0 Å². The highest BCUT2D eigenvalue weighted by atomic mass is 16.5. The molecular weight excluding hydrogens is 320 g/mol. The summed E-state index contributed by atoms with van der Waals surface area (Å²) in [5, 5.41) is 2.84. The third kappa shape index (κ3) is 5.66. The molecule has 0 radical (unpaired) electrons. The van der Waals surface area contributed by atoms with Gasteiger partial charge in [-0.2, -0.15) is 0 Å². The molecule has 1 aromatic carbocycles. The average Bonchev–Trinajstić information content (AvgIpc) is 3.13. The lowest BCUT2D eigenvalue weighted by molar-refractivity contribution is -0.136. The lowest BCUT2D eigenvalue weighted by Gasteiger charge is -2.28. The highest BCUT2D eigenvalue weighted by Crippen LogP contribution is 2.28. The molecule has 138 valence electrons. The monoisotopic (exact) mass is 348 g/mol. The second-order valence-corrected chi connectivity index (χ2v) is 6.51. The van der Waals surface area contributed by atoms with E-state index in [1.54, 1.807) is 19.1 Å². The predicted octanol–water partition coefficient (Wildman–Crippen LogP) is 2.23. The molecule has 6 nitrogen and oxygen atoms in total. The van der Waals surface area contributed by atoms with Crippen LogP contribution < -0.4 is 14.8 Å². The zero-order chi connectivity index (χ0) is 18.2. The molecule has 1 aliphatic carbocycles. The fourth-order valence-electron chi connectivity index (χ4n) is 3.21.